The molecule has 0 unspecified atom stereocenters. The van der Waals surface area contributed by atoms with E-state index in [-0.39, 0.29) is 0 Å². The Kier molecular flexibility index (Phi) is 1.65. The summed E-state index contributed by atoms with van der Waals surface area (Å²) in [6.07, 6.45) is -7.78. The van der Waals surface area contributed by atoms with E-state index in [0.29, 0.717) is 0 Å². The molecular weight excluding hydrogens is 175 g/mol. The molecule has 0 amide bonds. The van der Waals surface area contributed by atoms with E-state index in [4.69, 9.17) is 0 Å². The second-order valence-electron chi connectivity index (χ2n) is 1.66. The molecule has 0 radical (unpaired) electrons. The van der Waals surface area contributed by atoms with E-state index in [2.05, 4.69) is 9.47 Å². The van der Waals surface area contributed by atoms with Crippen LogP contribution in [0.4, 0.5) is 22.0 Å². The van der Waals surface area contributed by atoms with Gasteiger partial charge >= 0.3 is 24.5 Å². The first kappa shape index (κ1) is 8.09. The number of hydrogen-bond donors (Lipinski definition) is 0. The fourth-order valence-electron chi connectivity index (χ4n) is 0.438. The van der Waals surface area contributed by atoms with E-state index in [1.165, 1.54) is 0 Å². The molecule has 0 saturated heterocycles. The summed E-state index contributed by atoms with van der Waals surface area (Å²) in [5.41, 5.74) is 0. The Morgan fingerprint density at radius 2 is 1.36 bits per heavy atom. The van der Waals surface area contributed by atoms with Crippen molar-refractivity contribution < 1.29 is 31.4 Å². The van der Waals surface area contributed by atoms with Gasteiger partial charge in [-0.3, -0.25) is 0 Å². The number of ether oxygens (including phenoxy) is 2. The van der Waals surface area contributed by atoms with Gasteiger partial charge in [0.1, 0.15) is 0 Å². The highest BCUT2D eigenvalue weighted by Gasteiger charge is 2.49. The van der Waals surface area contributed by atoms with Gasteiger partial charge in [-0.15, -0.1) is 0 Å². The molecule has 1 aliphatic rings. The van der Waals surface area contributed by atoms with Crippen LogP contribution >= 0.6 is 0 Å². The number of rotatable bonds is 0. The van der Waals surface area contributed by atoms with Gasteiger partial charge in [-0.1, -0.05) is 0 Å². The lowest BCUT2D eigenvalue weighted by Crippen LogP contribution is -2.29. The number of alkyl halides is 3. The van der Waals surface area contributed by atoms with Crippen molar-refractivity contribution in [3.8, 4) is 0 Å². The zero-order chi connectivity index (χ0) is 8.65. The third-order valence-electron chi connectivity index (χ3n) is 0.843. The molecule has 1 rings (SSSR count). The lowest BCUT2D eigenvalue weighted by molar-refractivity contribution is -0.276. The first-order chi connectivity index (χ1) is 4.91. The van der Waals surface area contributed by atoms with Crippen molar-refractivity contribution in [2.45, 2.75) is 12.5 Å². The Morgan fingerprint density at radius 3 is 1.55 bits per heavy atom. The minimum Gasteiger partial charge on any atom is -0.417 e. The van der Waals surface area contributed by atoms with Gasteiger partial charge in [0.05, 0.1) is 0 Å². The molecule has 0 aromatic carbocycles. The van der Waals surface area contributed by atoms with Crippen LogP contribution in [-0.4, -0.2) is 12.5 Å². The zero-order valence-corrected chi connectivity index (χ0v) is 4.78. The van der Waals surface area contributed by atoms with E-state index >= 15 is 0 Å². The minimum atomic E-state index is -4.93. The second kappa shape index (κ2) is 2.24. The van der Waals surface area contributed by atoms with Crippen LogP contribution in [0.5, 0.6) is 0 Å². The summed E-state index contributed by atoms with van der Waals surface area (Å²) >= 11 is 0. The van der Waals surface area contributed by atoms with Crippen molar-refractivity contribution in [1.29, 1.82) is 0 Å². The Balaban J connectivity index is 2.62. The normalized spacial score (nSPS) is 20.1. The first-order valence-corrected chi connectivity index (χ1v) is 2.36. The molecule has 0 aromatic heterocycles. The van der Waals surface area contributed by atoms with Crippen molar-refractivity contribution >= 4 is 0 Å². The maximum Gasteiger partial charge on any atom is 0.464 e. The van der Waals surface area contributed by atoms with Crippen molar-refractivity contribution in [1.82, 2.24) is 0 Å². The standard InChI is InChI=1S/C4HF5O2/c5-1-2(6)11-3(10-1)4(7,8)9/h3H. The molecule has 0 spiro atoms. The van der Waals surface area contributed by atoms with E-state index in [1.54, 1.807) is 0 Å². The molecule has 64 valence electrons. The molecule has 11 heavy (non-hydrogen) atoms. The average Bonchev–Trinajstić information content (AvgIpc) is 2.11. The molecule has 0 atom stereocenters. The second-order valence-corrected chi connectivity index (χ2v) is 1.66. The van der Waals surface area contributed by atoms with Gasteiger partial charge in [0.2, 0.25) is 0 Å². The fraction of sp³-hybridized carbons (Fsp3) is 0.500. The maximum absolute atomic E-state index is 11.8. The maximum atomic E-state index is 11.8. The lowest BCUT2D eigenvalue weighted by atomic mass is 10.6. The molecule has 0 N–H and O–H groups in total. The van der Waals surface area contributed by atoms with E-state index in [0.717, 1.165) is 0 Å². The number of halogens is 5. The summed E-state index contributed by atoms with van der Waals surface area (Å²) in [5, 5.41) is 0. The third kappa shape index (κ3) is 1.52. The average molecular weight is 176 g/mol. The smallest absolute Gasteiger partial charge is 0.417 e. The highest BCUT2D eigenvalue weighted by molar-refractivity contribution is 4.90. The van der Waals surface area contributed by atoms with Crippen molar-refractivity contribution in [2.75, 3.05) is 0 Å². The van der Waals surface area contributed by atoms with Crippen LogP contribution in [0.15, 0.2) is 12.0 Å². The minimum absolute atomic E-state index is 1.98. The van der Waals surface area contributed by atoms with Gasteiger partial charge < -0.3 is 9.47 Å². The zero-order valence-electron chi connectivity index (χ0n) is 4.78. The predicted octanol–water partition coefficient (Wildman–Crippen LogP) is 1.99. The molecule has 0 aromatic rings. The first-order valence-electron chi connectivity index (χ1n) is 2.36. The van der Waals surface area contributed by atoms with Crippen LogP contribution in [0, 0.1) is 0 Å². The largest absolute Gasteiger partial charge is 0.464 e. The number of hydrogen-bond acceptors (Lipinski definition) is 2. The quantitative estimate of drug-likeness (QED) is 0.525. The summed E-state index contributed by atoms with van der Waals surface area (Å²) in [5.74, 6) is 0. The monoisotopic (exact) mass is 176 g/mol. The molecule has 0 bridgehead atoms. The Bertz CT molecular complexity index is 181. The topological polar surface area (TPSA) is 18.5 Å². The molecule has 1 heterocycles. The SMILES string of the molecule is FC1=C(F)OC(C(F)(F)F)O1. The molecular formula is C4HF5O2. The van der Waals surface area contributed by atoms with Crippen molar-refractivity contribution in [2.24, 2.45) is 0 Å². The molecule has 2 nitrogen and oxygen atoms in total. The van der Waals surface area contributed by atoms with Crippen LogP contribution in [-0.2, 0) is 9.47 Å². The van der Waals surface area contributed by atoms with Crippen LogP contribution < -0.4 is 0 Å². The lowest BCUT2D eigenvalue weighted by Gasteiger charge is -2.12. The fourth-order valence-corrected chi connectivity index (χ4v) is 0.438. The summed E-state index contributed by atoms with van der Waals surface area (Å²) in [7, 11) is 0. The van der Waals surface area contributed by atoms with Gasteiger partial charge in [-0.2, -0.15) is 22.0 Å². The molecule has 1 aliphatic heterocycles. The van der Waals surface area contributed by atoms with Crippen molar-refractivity contribution in [3.63, 3.8) is 0 Å². The highest BCUT2D eigenvalue weighted by Crippen LogP contribution is 2.34. The van der Waals surface area contributed by atoms with Crippen LogP contribution in [0.25, 0.3) is 0 Å². The predicted molar refractivity (Wildman–Crippen MR) is 21.3 cm³/mol. The molecule has 0 fully saturated rings. The van der Waals surface area contributed by atoms with Gasteiger partial charge in [0.15, 0.2) is 0 Å². The summed E-state index contributed by atoms with van der Waals surface area (Å²) < 4.78 is 64.7. The van der Waals surface area contributed by atoms with Crippen LogP contribution in [0.2, 0.25) is 0 Å². The Morgan fingerprint density at radius 1 is 1.00 bits per heavy atom. The Labute approximate surface area is 57.2 Å². The van der Waals surface area contributed by atoms with Gasteiger partial charge in [-0.05, 0) is 0 Å². The van der Waals surface area contributed by atoms with E-state index < -0.39 is 24.5 Å². The summed E-state index contributed by atoms with van der Waals surface area (Å²) in [4.78, 5) is 0. The van der Waals surface area contributed by atoms with Crippen molar-refractivity contribution in [3.05, 3.63) is 12.0 Å². The summed E-state index contributed by atoms with van der Waals surface area (Å²) in [6, 6.07) is -3.96. The van der Waals surface area contributed by atoms with Gasteiger partial charge in [-0.25, -0.2) is 0 Å². The van der Waals surface area contributed by atoms with Gasteiger partial charge in [0.25, 0.3) is 0 Å². The molecule has 0 saturated carbocycles. The van der Waals surface area contributed by atoms with Crippen LogP contribution in [0.1, 0.15) is 0 Å². The van der Waals surface area contributed by atoms with E-state index in [1.807, 2.05) is 0 Å². The van der Waals surface area contributed by atoms with E-state index in [9.17, 15) is 22.0 Å². The molecule has 0 aliphatic carbocycles. The van der Waals surface area contributed by atoms with Gasteiger partial charge in [0, 0.05) is 0 Å². The summed E-state index contributed by atoms with van der Waals surface area (Å²) in [6.45, 7) is 0. The Hall–Kier alpha value is -1.01. The highest BCUT2D eigenvalue weighted by atomic mass is 19.4. The third-order valence-corrected chi connectivity index (χ3v) is 0.843. The molecule has 7 heteroatoms. The van der Waals surface area contributed by atoms with Crippen LogP contribution in [0.3, 0.4) is 0 Å².